The molecule has 0 atom stereocenters. The molecule has 0 saturated carbocycles. The van der Waals surface area contributed by atoms with E-state index < -0.39 is 0 Å². The number of nitrogens with two attached hydrogens (primary N) is 1. The summed E-state index contributed by atoms with van der Waals surface area (Å²) in [5, 5.41) is 4.41. The highest BCUT2D eigenvalue weighted by Gasteiger charge is 2.22. The average Bonchev–Trinajstić information content (AvgIpc) is 3.59. The molecular formula is C24H23FN8O2. The first-order chi connectivity index (χ1) is 17.0. The summed E-state index contributed by atoms with van der Waals surface area (Å²) < 4.78 is 23.2. The molecule has 1 aromatic carbocycles. The molecule has 5 heterocycles. The van der Waals surface area contributed by atoms with Crippen molar-refractivity contribution >= 4 is 28.3 Å². The van der Waals surface area contributed by atoms with Gasteiger partial charge in [0.15, 0.2) is 17.1 Å². The van der Waals surface area contributed by atoms with Crippen LogP contribution < -0.4 is 11.4 Å². The van der Waals surface area contributed by atoms with Gasteiger partial charge in [-0.3, -0.25) is 14.0 Å². The summed E-state index contributed by atoms with van der Waals surface area (Å²) in [7, 11) is 1.69. The van der Waals surface area contributed by atoms with Gasteiger partial charge in [-0.25, -0.2) is 14.2 Å². The Kier molecular flexibility index (Phi) is 4.99. The number of anilines is 1. The zero-order valence-corrected chi connectivity index (χ0v) is 19.1. The van der Waals surface area contributed by atoms with Crippen LogP contribution in [0.5, 0.6) is 0 Å². The number of aromatic nitrogens is 6. The highest BCUT2D eigenvalue weighted by molar-refractivity contribution is 5.88. The molecule has 1 aliphatic heterocycles. The van der Waals surface area contributed by atoms with Crippen molar-refractivity contribution in [3.8, 4) is 11.6 Å². The van der Waals surface area contributed by atoms with Crippen LogP contribution in [0.1, 0.15) is 12.0 Å². The number of halogens is 1. The van der Waals surface area contributed by atoms with E-state index in [1.54, 1.807) is 30.0 Å². The Labute approximate surface area is 198 Å². The monoisotopic (exact) mass is 474 g/mol. The molecule has 0 fully saturated rings. The van der Waals surface area contributed by atoms with Crippen LogP contribution in [0.25, 0.3) is 34.0 Å². The van der Waals surface area contributed by atoms with E-state index in [0.29, 0.717) is 41.5 Å². The highest BCUT2D eigenvalue weighted by Crippen LogP contribution is 2.24. The molecule has 0 aliphatic carbocycles. The molecule has 0 spiro atoms. The summed E-state index contributed by atoms with van der Waals surface area (Å²) in [5.41, 5.74) is 9.73. The van der Waals surface area contributed by atoms with Crippen LogP contribution in [0.15, 0.2) is 57.9 Å². The van der Waals surface area contributed by atoms with Gasteiger partial charge in [0.2, 0.25) is 11.8 Å². The number of fused-ring (bicyclic) bond motifs is 3. The Hall–Kier alpha value is -4.25. The van der Waals surface area contributed by atoms with Crippen LogP contribution in [-0.4, -0.2) is 53.3 Å². The molecule has 10 nitrogen and oxygen atoms in total. The van der Waals surface area contributed by atoms with Gasteiger partial charge in [-0.1, -0.05) is 18.2 Å². The Morgan fingerprint density at radius 2 is 1.94 bits per heavy atom. The molecule has 11 heteroatoms. The maximum Gasteiger partial charge on any atom is 0.330 e. The number of benzene rings is 1. The zero-order chi connectivity index (χ0) is 24.1. The molecule has 178 valence electrons. The second kappa shape index (κ2) is 8.20. The van der Waals surface area contributed by atoms with E-state index in [1.807, 2.05) is 12.1 Å². The molecule has 5 aromatic rings. The van der Waals surface area contributed by atoms with E-state index in [1.165, 1.54) is 26.8 Å². The Bertz CT molecular complexity index is 1630. The molecule has 0 amide bonds. The predicted octanol–water partition coefficient (Wildman–Crippen LogP) is 2.55. The largest absolute Gasteiger partial charge is 0.461 e. The Balaban J connectivity index is 1.28. The van der Waals surface area contributed by atoms with Crippen LogP contribution in [-0.2, 0) is 13.6 Å². The maximum absolute atomic E-state index is 13.2. The lowest BCUT2D eigenvalue weighted by Crippen LogP contribution is -2.34. The summed E-state index contributed by atoms with van der Waals surface area (Å²) in [6, 6.07) is 10.1. The van der Waals surface area contributed by atoms with Crippen LogP contribution in [0.4, 0.5) is 10.3 Å². The van der Waals surface area contributed by atoms with Crippen molar-refractivity contribution < 1.29 is 8.81 Å². The van der Waals surface area contributed by atoms with Gasteiger partial charge in [0, 0.05) is 33.2 Å². The average molecular weight is 475 g/mol. The lowest BCUT2D eigenvalue weighted by molar-refractivity contribution is 0.288. The number of imidazole rings is 1. The third-order valence-corrected chi connectivity index (χ3v) is 6.47. The Morgan fingerprint density at radius 1 is 1.11 bits per heavy atom. The standard InChI is InChI=1S/C24H23FN8O2/c1-30-19-21(28-23(26)33-22(19)27-20(29-33)18-3-2-14-35-18)32(24(30)34)13-12-31-10-8-16(9-11-31)15-4-6-17(25)7-5-15/h2-8,14H,9-13H2,1H3,(H2,26,28). The number of nitrogens with zero attached hydrogens (tertiary/aromatic N) is 7. The van der Waals surface area contributed by atoms with Crippen molar-refractivity contribution in [2.75, 3.05) is 25.4 Å². The lowest BCUT2D eigenvalue weighted by Gasteiger charge is -2.26. The van der Waals surface area contributed by atoms with Crippen molar-refractivity contribution in [2.24, 2.45) is 7.05 Å². The molecule has 0 radical (unpaired) electrons. The first-order valence-electron chi connectivity index (χ1n) is 11.3. The minimum atomic E-state index is -0.234. The first kappa shape index (κ1) is 21.3. The van der Waals surface area contributed by atoms with E-state index in [0.717, 1.165) is 25.1 Å². The molecule has 0 saturated heterocycles. The number of aryl methyl sites for hydroxylation is 1. The number of hydrogen-bond donors (Lipinski definition) is 1. The number of nitrogen functional groups attached to an aromatic ring is 1. The minimum absolute atomic E-state index is 0.141. The summed E-state index contributed by atoms with van der Waals surface area (Å²) in [4.78, 5) is 24.5. The van der Waals surface area contributed by atoms with Crippen LogP contribution >= 0.6 is 0 Å². The van der Waals surface area contributed by atoms with Crippen molar-refractivity contribution in [3.05, 3.63) is 70.6 Å². The van der Waals surface area contributed by atoms with Crippen molar-refractivity contribution in [1.29, 1.82) is 0 Å². The number of furan rings is 1. The normalized spacial score (nSPS) is 14.7. The van der Waals surface area contributed by atoms with Gasteiger partial charge < -0.3 is 10.2 Å². The zero-order valence-electron chi connectivity index (χ0n) is 19.1. The van der Waals surface area contributed by atoms with Gasteiger partial charge in [-0.2, -0.15) is 9.50 Å². The van der Waals surface area contributed by atoms with Gasteiger partial charge in [-0.05, 0) is 41.8 Å². The molecule has 0 bridgehead atoms. The second-order valence-electron chi connectivity index (χ2n) is 8.57. The minimum Gasteiger partial charge on any atom is -0.461 e. The fourth-order valence-corrected chi connectivity index (χ4v) is 4.58. The SMILES string of the molecule is Cn1c(=O)n(CCN2CC=C(c3ccc(F)cc3)CC2)c2nc(N)n3nc(-c4ccco4)nc3c21. The van der Waals surface area contributed by atoms with Gasteiger partial charge in [0.25, 0.3) is 0 Å². The highest BCUT2D eigenvalue weighted by atomic mass is 19.1. The topological polar surface area (TPSA) is 112 Å². The van der Waals surface area contributed by atoms with E-state index >= 15 is 0 Å². The third kappa shape index (κ3) is 3.60. The first-order valence-corrected chi connectivity index (χ1v) is 11.3. The van der Waals surface area contributed by atoms with E-state index in [-0.39, 0.29) is 17.5 Å². The van der Waals surface area contributed by atoms with Gasteiger partial charge in [0.1, 0.15) is 11.3 Å². The maximum atomic E-state index is 13.2. The number of hydrogen-bond acceptors (Lipinski definition) is 7. The summed E-state index contributed by atoms with van der Waals surface area (Å²) in [5.74, 6) is 0.779. The van der Waals surface area contributed by atoms with Gasteiger partial charge in [-0.15, -0.1) is 5.10 Å². The van der Waals surface area contributed by atoms with E-state index in [9.17, 15) is 9.18 Å². The summed E-state index contributed by atoms with van der Waals surface area (Å²) in [6.07, 6.45) is 4.56. The van der Waals surface area contributed by atoms with Crippen molar-refractivity contribution in [3.63, 3.8) is 0 Å². The Morgan fingerprint density at radius 3 is 2.66 bits per heavy atom. The number of rotatable bonds is 5. The summed E-state index contributed by atoms with van der Waals surface area (Å²) in [6.45, 7) is 2.73. The van der Waals surface area contributed by atoms with E-state index in [2.05, 4.69) is 26.0 Å². The van der Waals surface area contributed by atoms with Crippen LogP contribution in [0, 0.1) is 5.82 Å². The molecule has 6 rings (SSSR count). The van der Waals surface area contributed by atoms with Crippen molar-refractivity contribution in [2.45, 2.75) is 13.0 Å². The molecule has 2 N–H and O–H groups in total. The van der Waals surface area contributed by atoms with Crippen molar-refractivity contribution in [1.82, 2.24) is 33.6 Å². The van der Waals surface area contributed by atoms with Gasteiger partial charge in [0.05, 0.1) is 6.26 Å². The molecule has 1 aliphatic rings. The lowest BCUT2D eigenvalue weighted by atomic mass is 9.99. The third-order valence-electron chi connectivity index (χ3n) is 6.47. The summed E-state index contributed by atoms with van der Waals surface area (Å²) >= 11 is 0. The molecular weight excluding hydrogens is 451 g/mol. The molecule has 4 aromatic heterocycles. The quantitative estimate of drug-likeness (QED) is 0.417. The molecule has 35 heavy (non-hydrogen) atoms. The van der Waals surface area contributed by atoms with Crippen LogP contribution in [0.3, 0.4) is 0 Å². The van der Waals surface area contributed by atoms with Gasteiger partial charge >= 0.3 is 5.69 Å². The van der Waals surface area contributed by atoms with E-state index in [4.69, 9.17) is 10.2 Å². The second-order valence-corrected chi connectivity index (χ2v) is 8.57. The predicted molar refractivity (Wildman–Crippen MR) is 129 cm³/mol. The molecule has 0 unspecified atom stereocenters. The fraction of sp³-hybridized carbons (Fsp3) is 0.250. The van der Waals surface area contributed by atoms with Crippen LogP contribution in [0.2, 0.25) is 0 Å². The smallest absolute Gasteiger partial charge is 0.330 e. The fourth-order valence-electron chi connectivity index (χ4n) is 4.58.